The summed E-state index contributed by atoms with van der Waals surface area (Å²) in [4.78, 5) is 13.1. The maximum atomic E-state index is 14.3. The molecule has 1 aromatic heterocycles. The molecule has 0 aliphatic heterocycles. The van der Waals surface area contributed by atoms with Gasteiger partial charge in [-0.15, -0.1) is 0 Å². The topological polar surface area (TPSA) is 110 Å². The normalized spacial score (nSPS) is 13.0. The van der Waals surface area contributed by atoms with Crippen molar-refractivity contribution in [1.29, 1.82) is 0 Å². The van der Waals surface area contributed by atoms with Gasteiger partial charge in [0, 0.05) is 31.7 Å². The average molecular weight is 486 g/mol. The van der Waals surface area contributed by atoms with Crippen LogP contribution in [-0.4, -0.2) is 54.6 Å². The quantitative estimate of drug-likeness (QED) is 0.626. The zero-order valence-corrected chi connectivity index (χ0v) is 20.6. The van der Waals surface area contributed by atoms with Gasteiger partial charge in [0.25, 0.3) is 5.91 Å². The molecule has 11 heteroatoms. The molecule has 2 rings (SSSR count). The Morgan fingerprint density at radius 1 is 1.34 bits per heavy atom. The standard InChI is InChI=1S/C21H29ClFN5O3S/c1-13-18(14-7-8-16(22)17(11-14)32(30,31)27(5)6)19(20(29)25-21(2,3)4)28(26-13)12-15(23)9-10-24/h7-9,11H,10,12,24H2,1-6H3,(H,25,29)/b15-9-. The highest BCUT2D eigenvalue weighted by atomic mass is 35.5. The zero-order valence-electron chi connectivity index (χ0n) is 19.0. The van der Waals surface area contributed by atoms with Gasteiger partial charge >= 0.3 is 0 Å². The summed E-state index contributed by atoms with van der Waals surface area (Å²) < 4.78 is 42.0. The fourth-order valence-electron chi connectivity index (χ4n) is 3.06. The molecule has 176 valence electrons. The third-order valence-electron chi connectivity index (χ3n) is 4.45. The summed E-state index contributed by atoms with van der Waals surface area (Å²) in [6.07, 6.45) is 1.20. The number of halogens is 2. The summed E-state index contributed by atoms with van der Waals surface area (Å²) in [7, 11) is -1.04. The number of allylic oxidation sites excluding steroid dienone is 1. The van der Waals surface area contributed by atoms with Gasteiger partial charge in [0.15, 0.2) is 0 Å². The number of nitrogens with one attached hydrogen (secondary N) is 1. The molecule has 8 nitrogen and oxygen atoms in total. The Morgan fingerprint density at radius 3 is 2.50 bits per heavy atom. The predicted octanol–water partition coefficient (Wildman–Crippen LogP) is 3.10. The first-order valence-electron chi connectivity index (χ1n) is 9.86. The van der Waals surface area contributed by atoms with E-state index < -0.39 is 27.3 Å². The second kappa shape index (κ2) is 9.70. The molecular formula is C21H29ClFN5O3S. The van der Waals surface area contributed by atoms with Gasteiger partial charge in [-0.25, -0.2) is 17.1 Å². The minimum Gasteiger partial charge on any atom is -0.346 e. The molecule has 0 atom stereocenters. The van der Waals surface area contributed by atoms with E-state index >= 15 is 0 Å². The number of nitrogens with zero attached hydrogens (tertiary/aromatic N) is 3. The fourth-order valence-corrected chi connectivity index (χ4v) is 4.45. The van der Waals surface area contributed by atoms with Crippen LogP contribution in [0.2, 0.25) is 5.02 Å². The highest BCUT2D eigenvalue weighted by molar-refractivity contribution is 7.89. The molecule has 1 amide bonds. The first-order valence-corrected chi connectivity index (χ1v) is 11.7. The Hall–Kier alpha value is -2.27. The van der Waals surface area contributed by atoms with Gasteiger partial charge in [0.05, 0.1) is 17.3 Å². The van der Waals surface area contributed by atoms with Crippen LogP contribution in [0.25, 0.3) is 11.1 Å². The van der Waals surface area contributed by atoms with Gasteiger partial charge in [-0.2, -0.15) is 5.10 Å². The molecular weight excluding hydrogens is 457 g/mol. The SMILES string of the molecule is Cc1nn(C/C(F)=C/CN)c(C(=O)NC(C)(C)C)c1-c1ccc(Cl)c(S(=O)(=O)N(C)C)c1. The van der Waals surface area contributed by atoms with Gasteiger partial charge in [-0.1, -0.05) is 17.7 Å². The maximum absolute atomic E-state index is 14.3. The summed E-state index contributed by atoms with van der Waals surface area (Å²) in [6, 6.07) is 4.45. The van der Waals surface area contributed by atoms with Crippen molar-refractivity contribution < 1.29 is 17.6 Å². The van der Waals surface area contributed by atoms with Crippen LogP contribution >= 0.6 is 11.6 Å². The third-order valence-corrected chi connectivity index (χ3v) is 6.75. The Balaban J connectivity index is 2.77. The second-order valence-corrected chi connectivity index (χ2v) is 11.0. The first-order chi connectivity index (χ1) is 14.7. The third kappa shape index (κ3) is 5.74. The molecule has 0 saturated heterocycles. The van der Waals surface area contributed by atoms with E-state index in [-0.39, 0.29) is 28.7 Å². The van der Waals surface area contributed by atoms with Gasteiger partial charge in [-0.05, 0) is 51.5 Å². The Morgan fingerprint density at radius 2 is 1.97 bits per heavy atom. The van der Waals surface area contributed by atoms with Crippen LogP contribution in [0.1, 0.15) is 37.0 Å². The lowest BCUT2D eigenvalue weighted by atomic mass is 10.0. The molecule has 0 aliphatic carbocycles. The number of hydrogen-bond donors (Lipinski definition) is 2. The lowest BCUT2D eigenvalue weighted by Crippen LogP contribution is -2.41. The highest BCUT2D eigenvalue weighted by Gasteiger charge is 2.28. The number of carbonyl (C=O) groups is 1. The van der Waals surface area contributed by atoms with Crippen LogP contribution in [0, 0.1) is 6.92 Å². The number of sulfonamides is 1. The van der Waals surface area contributed by atoms with Gasteiger partial charge < -0.3 is 11.1 Å². The van der Waals surface area contributed by atoms with Crippen molar-refractivity contribution in [3.8, 4) is 11.1 Å². The van der Waals surface area contributed by atoms with Crippen molar-refractivity contribution >= 4 is 27.5 Å². The molecule has 0 bridgehead atoms. The van der Waals surface area contributed by atoms with Crippen LogP contribution in [0.15, 0.2) is 35.0 Å². The van der Waals surface area contributed by atoms with E-state index in [0.29, 0.717) is 16.8 Å². The zero-order chi connectivity index (χ0) is 24.4. The van der Waals surface area contributed by atoms with Crippen LogP contribution in [0.5, 0.6) is 0 Å². The summed E-state index contributed by atoms with van der Waals surface area (Å²) >= 11 is 6.18. The van der Waals surface area contributed by atoms with E-state index in [1.165, 1.54) is 37.0 Å². The van der Waals surface area contributed by atoms with E-state index in [1.807, 2.05) is 20.8 Å². The smallest absolute Gasteiger partial charge is 0.270 e. The van der Waals surface area contributed by atoms with E-state index in [2.05, 4.69) is 10.4 Å². The number of rotatable bonds is 7. The van der Waals surface area contributed by atoms with Crippen molar-refractivity contribution in [2.75, 3.05) is 20.6 Å². The van der Waals surface area contributed by atoms with Crippen LogP contribution in [-0.2, 0) is 16.6 Å². The molecule has 1 heterocycles. The fraction of sp³-hybridized carbons (Fsp3) is 0.429. The minimum atomic E-state index is -3.84. The number of nitrogens with two attached hydrogens (primary N) is 1. The second-order valence-electron chi connectivity index (χ2n) is 8.49. The molecule has 1 aromatic carbocycles. The average Bonchev–Trinajstić information content (AvgIpc) is 2.96. The van der Waals surface area contributed by atoms with E-state index in [9.17, 15) is 17.6 Å². The number of benzene rings is 1. The van der Waals surface area contributed by atoms with E-state index in [4.69, 9.17) is 17.3 Å². The number of aryl methyl sites for hydroxylation is 1. The molecule has 0 spiro atoms. The predicted molar refractivity (Wildman–Crippen MR) is 124 cm³/mol. The monoisotopic (exact) mass is 485 g/mol. The molecule has 2 aromatic rings. The number of hydrogen-bond acceptors (Lipinski definition) is 5. The number of aromatic nitrogens is 2. The van der Waals surface area contributed by atoms with E-state index in [1.54, 1.807) is 13.0 Å². The summed E-state index contributed by atoms with van der Waals surface area (Å²) in [6.45, 7) is 6.83. The molecule has 0 aliphatic rings. The highest BCUT2D eigenvalue weighted by Crippen LogP contribution is 2.33. The van der Waals surface area contributed by atoms with Crippen molar-refractivity contribution in [3.05, 3.63) is 46.5 Å². The van der Waals surface area contributed by atoms with Crippen LogP contribution in [0.3, 0.4) is 0 Å². The van der Waals surface area contributed by atoms with Crippen molar-refractivity contribution in [1.82, 2.24) is 19.4 Å². The molecule has 0 radical (unpaired) electrons. The van der Waals surface area contributed by atoms with Gasteiger partial charge in [0.1, 0.15) is 16.4 Å². The van der Waals surface area contributed by atoms with Crippen LogP contribution in [0.4, 0.5) is 4.39 Å². The Kier molecular flexibility index (Phi) is 7.87. The summed E-state index contributed by atoms with van der Waals surface area (Å²) in [5.74, 6) is -1.01. The number of carbonyl (C=O) groups excluding carboxylic acids is 1. The molecule has 3 N–H and O–H groups in total. The van der Waals surface area contributed by atoms with Gasteiger partial charge in [0.2, 0.25) is 10.0 Å². The summed E-state index contributed by atoms with van der Waals surface area (Å²) in [5, 5.41) is 7.26. The first kappa shape index (κ1) is 26.0. The number of amides is 1. The van der Waals surface area contributed by atoms with E-state index in [0.717, 1.165) is 4.31 Å². The molecule has 0 saturated carbocycles. The Bertz CT molecular complexity index is 1150. The van der Waals surface area contributed by atoms with Gasteiger partial charge in [-0.3, -0.25) is 9.48 Å². The largest absolute Gasteiger partial charge is 0.346 e. The molecule has 32 heavy (non-hydrogen) atoms. The minimum absolute atomic E-state index is 0.00536. The lowest BCUT2D eigenvalue weighted by molar-refractivity contribution is 0.0909. The maximum Gasteiger partial charge on any atom is 0.270 e. The molecule has 0 unspecified atom stereocenters. The van der Waals surface area contributed by atoms with Crippen molar-refractivity contribution in [2.24, 2.45) is 5.73 Å². The lowest BCUT2D eigenvalue weighted by Gasteiger charge is -2.21. The summed E-state index contributed by atoms with van der Waals surface area (Å²) in [5.41, 5.74) is 6.16. The molecule has 0 fully saturated rings. The van der Waals surface area contributed by atoms with Crippen LogP contribution < -0.4 is 11.1 Å². The van der Waals surface area contributed by atoms with Crippen molar-refractivity contribution in [2.45, 2.75) is 44.7 Å². The Labute approximate surface area is 193 Å². The van der Waals surface area contributed by atoms with Crippen molar-refractivity contribution in [3.63, 3.8) is 0 Å².